The van der Waals surface area contributed by atoms with Gasteiger partial charge in [-0.25, -0.2) is 26.3 Å². The van der Waals surface area contributed by atoms with Crippen LogP contribution in [0.4, 0.5) is 26.3 Å². The summed E-state index contributed by atoms with van der Waals surface area (Å²) in [5.41, 5.74) is 0.0205. The van der Waals surface area contributed by atoms with Crippen molar-refractivity contribution < 1.29 is 26.3 Å². The van der Waals surface area contributed by atoms with Crippen LogP contribution in [0.3, 0.4) is 0 Å². The molecule has 0 amide bonds. The third kappa shape index (κ3) is 4.62. The quantitative estimate of drug-likeness (QED) is 0.194. The van der Waals surface area contributed by atoms with Crippen LogP contribution in [0.2, 0.25) is 0 Å². The van der Waals surface area contributed by atoms with Gasteiger partial charge >= 0.3 is 0 Å². The van der Waals surface area contributed by atoms with Gasteiger partial charge in [0.15, 0.2) is 29.1 Å². The normalized spacial score (nSPS) is 18.8. The molecular formula is C27H26F6. The minimum atomic E-state index is -1.78. The zero-order valence-electron chi connectivity index (χ0n) is 18.5. The maximum Gasteiger partial charge on any atom is 0.195 e. The molecule has 0 radical (unpaired) electrons. The van der Waals surface area contributed by atoms with Gasteiger partial charge in [-0.15, -0.1) is 0 Å². The van der Waals surface area contributed by atoms with E-state index in [0.29, 0.717) is 17.5 Å². The molecular weight excluding hydrogens is 438 g/mol. The van der Waals surface area contributed by atoms with Gasteiger partial charge in [0.2, 0.25) is 0 Å². The van der Waals surface area contributed by atoms with Crippen LogP contribution >= 0.6 is 0 Å². The number of hydrogen-bond donors (Lipinski definition) is 0. The molecule has 0 N–H and O–H groups in total. The summed E-state index contributed by atoms with van der Waals surface area (Å²) in [6.07, 6.45) is 8.32. The van der Waals surface area contributed by atoms with E-state index in [-0.39, 0.29) is 22.4 Å². The highest BCUT2D eigenvalue weighted by atomic mass is 19.2. The Morgan fingerprint density at radius 1 is 0.727 bits per heavy atom. The largest absolute Gasteiger partial charge is 0.206 e. The van der Waals surface area contributed by atoms with Crippen molar-refractivity contribution in [3.63, 3.8) is 0 Å². The van der Waals surface area contributed by atoms with E-state index in [1.54, 1.807) is 0 Å². The van der Waals surface area contributed by atoms with Gasteiger partial charge in [-0.1, -0.05) is 44.7 Å². The number of halogens is 6. The van der Waals surface area contributed by atoms with Gasteiger partial charge < -0.3 is 0 Å². The lowest BCUT2D eigenvalue weighted by molar-refractivity contribution is 0.298. The third-order valence-corrected chi connectivity index (χ3v) is 6.95. The van der Waals surface area contributed by atoms with Crippen molar-refractivity contribution in [3.8, 4) is 11.1 Å². The monoisotopic (exact) mass is 464 g/mol. The summed E-state index contributed by atoms with van der Waals surface area (Å²) in [7, 11) is 0. The van der Waals surface area contributed by atoms with Crippen molar-refractivity contribution in [2.75, 3.05) is 0 Å². The summed E-state index contributed by atoms with van der Waals surface area (Å²) in [4.78, 5) is 0. The van der Waals surface area contributed by atoms with Crippen LogP contribution in [-0.4, -0.2) is 0 Å². The van der Waals surface area contributed by atoms with Crippen LogP contribution < -0.4 is 0 Å². The Bertz CT molecular complexity index is 1160. The lowest BCUT2D eigenvalue weighted by atomic mass is 9.76. The van der Waals surface area contributed by atoms with E-state index in [1.807, 2.05) is 0 Å². The molecule has 1 fully saturated rings. The van der Waals surface area contributed by atoms with Crippen molar-refractivity contribution in [3.05, 3.63) is 70.8 Å². The number of unbranched alkanes of at least 4 members (excludes halogenated alkanes) is 2. The molecule has 0 aliphatic heterocycles. The molecule has 1 aliphatic rings. The fourth-order valence-electron chi connectivity index (χ4n) is 5.09. The van der Waals surface area contributed by atoms with Gasteiger partial charge in [0.1, 0.15) is 5.82 Å². The van der Waals surface area contributed by atoms with Crippen LogP contribution in [0.25, 0.3) is 21.9 Å². The highest BCUT2D eigenvalue weighted by Crippen LogP contribution is 2.41. The topological polar surface area (TPSA) is 0 Å². The first kappa shape index (κ1) is 23.7. The van der Waals surface area contributed by atoms with E-state index in [2.05, 4.69) is 6.92 Å². The van der Waals surface area contributed by atoms with E-state index < -0.39 is 40.3 Å². The molecule has 0 nitrogen and oxygen atoms in total. The van der Waals surface area contributed by atoms with E-state index >= 15 is 8.78 Å². The Labute approximate surface area is 189 Å². The second-order valence-corrected chi connectivity index (χ2v) is 9.09. The lowest BCUT2D eigenvalue weighted by Crippen LogP contribution is -2.15. The summed E-state index contributed by atoms with van der Waals surface area (Å²) < 4.78 is 85.7. The Hall–Kier alpha value is -2.50. The first-order valence-corrected chi connectivity index (χ1v) is 11.6. The Morgan fingerprint density at radius 2 is 1.45 bits per heavy atom. The molecule has 3 aromatic rings. The molecule has 0 aromatic heterocycles. The number of hydrogen-bond acceptors (Lipinski definition) is 0. The smallest absolute Gasteiger partial charge is 0.195 e. The number of fused-ring (bicyclic) bond motifs is 1. The number of benzene rings is 3. The lowest BCUT2D eigenvalue weighted by Gasteiger charge is -2.29. The average Bonchev–Trinajstić information content (AvgIpc) is 2.79. The van der Waals surface area contributed by atoms with Crippen molar-refractivity contribution >= 4 is 10.8 Å². The molecule has 1 saturated carbocycles. The highest BCUT2D eigenvalue weighted by molar-refractivity contribution is 5.88. The molecule has 3 aromatic carbocycles. The molecule has 0 heterocycles. The van der Waals surface area contributed by atoms with Gasteiger partial charge in [-0.3, -0.25) is 0 Å². The Morgan fingerprint density at radius 3 is 2.15 bits per heavy atom. The van der Waals surface area contributed by atoms with Gasteiger partial charge in [0, 0.05) is 5.56 Å². The fourth-order valence-corrected chi connectivity index (χ4v) is 5.09. The Kier molecular flexibility index (Phi) is 7.01. The molecule has 4 rings (SSSR count). The predicted octanol–water partition coefficient (Wildman–Crippen LogP) is 9.20. The van der Waals surface area contributed by atoms with Gasteiger partial charge in [0.25, 0.3) is 0 Å². The van der Waals surface area contributed by atoms with Gasteiger partial charge in [0.05, 0.1) is 5.39 Å². The second-order valence-electron chi connectivity index (χ2n) is 9.09. The molecule has 0 spiro atoms. The van der Waals surface area contributed by atoms with Crippen LogP contribution in [-0.2, 0) is 0 Å². The van der Waals surface area contributed by atoms with E-state index in [4.69, 9.17) is 0 Å². The van der Waals surface area contributed by atoms with Gasteiger partial charge in [-0.05, 0) is 72.2 Å². The fraction of sp³-hybridized carbons (Fsp3) is 0.407. The first-order valence-electron chi connectivity index (χ1n) is 11.6. The van der Waals surface area contributed by atoms with Crippen molar-refractivity contribution in [2.45, 2.75) is 64.2 Å². The van der Waals surface area contributed by atoms with E-state index in [0.717, 1.165) is 37.8 Å². The minimum Gasteiger partial charge on any atom is -0.206 e. The van der Waals surface area contributed by atoms with Gasteiger partial charge in [-0.2, -0.15) is 0 Å². The highest BCUT2D eigenvalue weighted by Gasteiger charge is 2.27. The SMILES string of the molecule is CCCCCC1CCC(c2ccc(-c3cc(F)c4c(F)c(F)c(F)cc4c3)c(F)c2F)CC1. The van der Waals surface area contributed by atoms with Crippen LogP contribution in [0.1, 0.15) is 69.8 Å². The third-order valence-electron chi connectivity index (χ3n) is 6.95. The molecule has 0 unspecified atom stereocenters. The summed E-state index contributed by atoms with van der Waals surface area (Å²) in [5, 5.41) is -1.00. The zero-order chi connectivity index (χ0) is 23.7. The second kappa shape index (κ2) is 9.78. The molecule has 0 bridgehead atoms. The summed E-state index contributed by atoms with van der Waals surface area (Å²) in [5.74, 6) is -7.63. The number of rotatable bonds is 6. The molecule has 33 heavy (non-hydrogen) atoms. The zero-order valence-corrected chi connectivity index (χ0v) is 18.5. The van der Waals surface area contributed by atoms with E-state index in [9.17, 15) is 17.6 Å². The predicted molar refractivity (Wildman–Crippen MR) is 118 cm³/mol. The van der Waals surface area contributed by atoms with Crippen molar-refractivity contribution in [1.29, 1.82) is 0 Å². The van der Waals surface area contributed by atoms with E-state index in [1.165, 1.54) is 37.8 Å². The molecule has 0 atom stereocenters. The van der Waals surface area contributed by atoms with Crippen LogP contribution in [0.5, 0.6) is 0 Å². The van der Waals surface area contributed by atoms with Crippen molar-refractivity contribution in [2.24, 2.45) is 5.92 Å². The molecule has 0 saturated heterocycles. The maximum atomic E-state index is 15.0. The molecule has 1 aliphatic carbocycles. The molecule has 176 valence electrons. The summed E-state index contributed by atoms with van der Waals surface area (Å²) in [6.45, 7) is 2.17. The van der Waals surface area contributed by atoms with Crippen LogP contribution in [0.15, 0.2) is 30.3 Å². The minimum absolute atomic E-state index is 0.0736. The molecule has 6 heteroatoms. The average molecular weight is 464 g/mol. The van der Waals surface area contributed by atoms with Crippen LogP contribution in [0, 0.1) is 40.8 Å². The standard InChI is InChI=1S/C27H26F6/c1-2-3-4-5-15-6-8-16(9-7-15)19-10-11-20(25(31)24(19)30)17-12-18-14-22(29)26(32)27(33)23(18)21(28)13-17/h10-16H,2-9H2,1H3. The summed E-state index contributed by atoms with van der Waals surface area (Å²) in [6, 6.07) is 5.47. The first-order chi connectivity index (χ1) is 15.8. The Balaban J connectivity index is 1.61. The van der Waals surface area contributed by atoms with Crippen molar-refractivity contribution in [1.82, 2.24) is 0 Å². The summed E-state index contributed by atoms with van der Waals surface area (Å²) >= 11 is 0. The maximum absolute atomic E-state index is 15.0.